The molecular formula is C22H21FN4O3. The summed E-state index contributed by atoms with van der Waals surface area (Å²) in [5, 5.41) is 14.9. The van der Waals surface area contributed by atoms with E-state index >= 15 is 0 Å². The molecule has 1 amide bonds. The van der Waals surface area contributed by atoms with E-state index < -0.39 is 17.8 Å². The lowest BCUT2D eigenvalue weighted by Gasteiger charge is -2.11. The van der Waals surface area contributed by atoms with E-state index in [-0.39, 0.29) is 12.2 Å². The van der Waals surface area contributed by atoms with Crippen molar-refractivity contribution < 1.29 is 19.1 Å². The zero-order valence-electron chi connectivity index (χ0n) is 16.3. The first-order chi connectivity index (χ1) is 14.4. The van der Waals surface area contributed by atoms with Crippen molar-refractivity contribution in [3.05, 3.63) is 66.7 Å². The predicted molar refractivity (Wildman–Crippen MR) is 112 cm³/mol. The van der Waals surface area contributed by atoms with Crippen molar-refractivity contribution in [1.82, 2.24) is 9.97 Å². The Morgan fingerprint density at radius 3 is 2.20 bits per heavy atom. The maximum atomic E-state index is 13.1. The molecule has 2 aromatic heterocycles. The van der Waals surface area contributed by atoms with Gasteiger partial charge in [-0.2, -0.15) is 0 Å². The van der Waals surface area contributed by atoms with Gasteiger partial charge in [0.25, 0.3) is 0 Å². The standard InChI is InChI=1S/C22H21FN4O3/c1-2-14(22(29)30)13-21(28)27-20-12-16(8-10-25-20)15-7-9-24-19(11-15)26-18-5-3-17(23)4-6-18/h3-12,14H,2,13H2,1H3,(H,24,26)(H,29,30)(H,25,27,28). The second-order valence-electron chi connectivity index (χ2n) is 6.69. The van der Waals surface area contributed by atoms with E-state index in [1.165, 1.54) is 12.1 Å². The molecule has 3 N–H and O–H groups in total. The third kappa shape index (κ3) is 5.60. The van der Waals surface area contributed by atoms with Crippen LogP contribution in [0.4, 0.5) is 21.7 Å². The Balaban J connectivity index is 1.73. The van der Waals surface area contributed by atoms with E-state index in [0.717, 1.165) is 11.1 Å². The monoisotopic (exact) mass is 408 g/mol. The van der Waals surface area contributed by atoms with Crippen molar-refractivity contribution in [2.75, 3.05) is 10.6 Å². The number of hydrogen-bond donors (Lipinski definition) is 3. The lowest BCUT2D eigenvalue weighted by atomic mass is 10.0. The number of carboxylic acids is 1. The fourth-order valence-electron chi connectivity index (χ4n) is 2.86. The van der Waals surface area contributed by atoms with Crippen LogP contribution in [0.3, 0.4) is 0 Å². The molecule has 0 spiro atoms. The molecule has 0 aliphatic heterocycles. The van der Waals surface area contributed by atoms with Gasteiger partial charge in [0.05, 0.1) is 5.92 Å². The van der Waals surface area contributed by atoms with E-state index in [1.807, 2.05) is 12.1 Å². The highest BCUT2D eigenvalue weighted by Gasteiger charge is 2.19. The van der Waals surface area contributed by atoms with Crippen LogP contribution < -0.4 is 10.6 Å². The quantitative estimate of drug-likeness (QED) is 0.508. The molecule has 1 aromatic carbocycles. The molecule has 0 saturated heterocycles. The number of anilines is 3. The average Bonchev–Trinajstić information content (AvgIpc) is 2.74. The van der Waals surface area contributed by atoms with Crippen molar-refractivity contribution in [3.63, 3.8) is 0 Å². The summed E-state index contributed by atoms with van der Waals surface area (Å²) in [6.07, 6.45) is 3.46. The van der Waals surface area contributed by atoms with Gasteiger partial charge >= 0.3 is 5.97 Å². The molecule has 30 heavy (non-hydrogen) atoms. The molecule has 2 heterocycles. The van der Waals surface area contributed by atoms with Crippen LogP contribution in [0.25, 0.3) is 11.1 Å². The molecule has 0 saturated carbocycles. The molecule has 3 rings (SSSR count). The van der Waals surface area contributed by atoms with Crippen molar-refractivity contribution >= 4 is 29.2 Å². The largest absolute Gasteiger partial charge is 0.481 e. The minimum atomic E-state index is -0.993. The fourth-order valence-corrected chi connectivity index (χ4v) is 2.86. The number of rotatable bonds is 8. The number of carboxylic acid groups (broad SMARTS) is 1. The normalized spacial score (nSPS) is 11.5. The summed E-state index contributed by atoms with van der Waals surface area (Å²) in [5.41, 5.74) is 2.34. The van der Waals surface area contributed by atoms with E-state index in [1.54, 1.807) is 43.6 Å². The number of nitrogens with zero attached hydrogens (tertiary/aromatic N) is 2. The maximum Gasteiger partial charge on any atom is 0.307 e. The third-order valence-corrected chi connectivity index (χ3v) is 4.51. The first kappa shape index (κ1) is 20.9. The van der Waals surface area contributed by atoms with Gasteiger partial charge in [0.1, 0.15) is 17.5 Å². The van der Waals surface area contributed by atoms with Gasteiger partial charge < -0.3 is 15.7 Å². The average molecular weight is 408 g/mol. The van der Waals surface area contributed by atoms with Crippen LogP contribution in [0.15, 0.2) is 60.9 Å². The van der Waals surface area contributed by atoms with Gasteiger partial charge in [-0.25, -0.2) is 14.4 Å². The van der Waals surface area contributed by atoms with Gasteiger partial charge in [0.2, 0.25) is 5.91 Å². The van der Waals surface area contributed by atoms with Crippen LogP contribution in [0, 0.1) is 11.7 Å². The van der Waals surface area contributed by atoms with Gasteiger partial charge in [-0.3, -0.25) is 9.59 Å². The number of aliphatic carboxylic acids is 1. The lowest BCUT2D eigenvalue weighted by Crippen LogP contribution is -2.22. The van der Waals surface area contributed by atoms with Crippen molar-refractivity contribution in [2.45, 2.75) is 19.8 Å². The predicted octanol–water partition coefficient (Wildman–Crippen LogP) is 4.47. The SMILES string of the molecule is CCC(CC(=O)Nc1cc(-c2ccnc(Nc3ccc(F)cc3)c2)ccn1)C(=O)O. The molecule has 7 nitrogen and oxygen atoms in total. The number of nitrogens with one attached hydrogen (secondary N) is 2. The van der Waals surface area contributed by atoms with Crippen molar-refractivity contribution in [2.24, 2.45) is 5.92 Å². The van der Waals surface area contributed by atoms with Crippen LogP contribution in [-0.2, 0) is 9.59 Å². The van der Waals surface area contributed by atoms with Gasteiger partial charge in [-0.1, -0.05) is 6.92 Å². The third-order valence-electron chi connectivity index (χ3n) is 4.51. The Kier molecular flexibility index (Phi) is 6.69. The molecule has 8 heteroatoms. The molecule has 0 aliphatic rings. The topological polar surface area (TPSA) is 104 Å². The Morgan fingerprint density at radius 1 is 1.00 bits per heavy atom. The number of amides is 1. The summed E-state index contributed by atoms with van der Waals surface area (Å²) in [4.78, 5) is 31.7. The van der Waals surface area contributed by atoms with E-state index in [2.05, 4.69) is 20.6 Å². The van der Waals surface area contributed by atoms with Crippen molar-refractivity contribution in [1.29, 1.82) is 0 Å². The second-order valence-corrected chi connectivity index (χ2v) is 6.69. The van der Waals surface area contributed by atoms with Crippen LogP contribution in [0.1, 0.15) is 19.8 Å². The Morgan fingerprint density at radius 2 is 1.60 bits per heavy atom. The van der Waals surface area contributed by atoms with E-state index in [9.17, 15) is 14.0 Å². The smallest absolute Gasteiger partial charge is 0.307 e. The van der Waals surface area contributed by atoms with Crippen LogP contribution in [-0.4, -0.2) is 27.0 Å². The number of carbonyl (C=O) groups excluding carboxylic acids is 1. The fraction of sp³-hybridized carbons (Fsp3) is 0.182. The summed E-state index contributed by atoms with van der Waals surface area (Å²) in [7, 11) is 0. The first-order valence-electron chi connectivity index (χ1n) is 9.42. The molecule has 3 aromatic rings. The molecule has 0 radical (unpaired) electrons. The highest BCUT2D eigenvalue weighted by atomic mass is 19.1. The number of aromatic nitrogens is 2. The highest BCUT2D eigenvalue weighted by molar-refractivity contribution is 5.92. The molecule has 154 valence electrons. The Hall–Kier alpha value is -3.81. The van der Waals surface area contributed by atoms with Crippen LogP contribution in [0.5, 0.6) is 0 Å². The molecule has 1 atom stereocenters. The first-order valence-corrected chi connectivity index (χ1v) is 9.42. The van der Waals surface area contributed by atoms with E-state index in [0.29, 0.717) is 23.7 Å². The molecule has 0 fully saturated rings. The zero-order chi connectivity index (χ0) is 21.5. The summed E-state index contributed by atoms with van der Waals surface area (Å²) in [5.74, 6) is -1.53. The summed E-state index contributed by atoms with van der Waals surface area (Å²) < 4.78 is 13.1. The number of hydrogen-bond acceptors (Lipinski definition) is 5. The molecule has 0 aliphatic carbocycles. The minimum Gasteiger partial charge on any atom is -0.481 e. The van der Waals surface area contributed by atoms with Gasteiger partial charge in [0.15, 0.2) is 0 Å². The van der Waals surface area contributed by atoms with Gasteiger partial charge in [-0.05, 0) is 66.1 Å². The van der Waals surface area contributed by atoms with Gasteiger partial charge in [-0.15, -0.1) is 0 Å². The number of carbonyl (C=O) groups is 2. The maximum absolute atomic E-state index is 13.1. The Labute approximate surface area is 173 Å². The number of pyridine rings is 2. The number of halogens is 1. The Bertz CT molecular complexity index is 1040. The number of benzene rings is 1. The zero-order valence-corrected chi connectivity index (χ0v) is 16.3. The van der Waals surface area contributed by atoms with Crippen LogP contribution in [0.2, 0.25) is 0 Å². The highest BCUT2D eigenvalue weighted by Crippen LogP contribution is 2.25. The molecular weight excluding hydrogens is 387 g/mol. The summed E-state index contributed by atoms with van der Waals surface area (Å²) in [6.45, 7) is 1.73. The lowest BCUT2D eigenvalue weighted by molar-refractivity contribution is -0.143. The minimum absolute atomic E-state index is 0.112. The summed E-state index contributed by atoms with van der Waals surface area (Å²) in [6, 6.07) is 13.1. The summed E-state index contributed by atoms with van der Waals surface area (Å²) >= 11 is 0. The van der Waals surface area contributed by atoms with Crippen molar-refractivity contribution in [3.8, 4) is 11.1 Å². The molecule has 1 unspecified atom stereocenters. The molecule has 0 bridgehead atoms. The second kappa shape index (κ2) is 9.60. The van der Waals surface area contributed by atoms with Gasteiger partial charge in [0, 0.05) is 24.5 Å². The van der Waals surface area contributed by atoms with Crippen LogP contribution >= 0.6 is 0 Å². The van der Waals surface area contributed by atoms with E-state index in [4.69, 9.17) is 5.11 Å².